The number of aliphatic carboxylic acids is 1. The maximum absolute atomic E-state index is 12.6. The zero-order valence-electron chi connectivity index (χ0n) is 12.9. The van der Waals surface area contributed by atoms with E-state index in [1.807, 2.05) is 6.92 Å². The van der Waals surface area contributed by atoms with Gasteiger partial charge in [0.15, 0.2) is 4.96 Å². The standard InChI is InChI=1S/C15H17N3O4S/c1-8-9(2)23-14-16-7-10(13(22)18(8)14)12(21)17-15(4-3-5-15)6-11(19)20/h7H,3-6H2,1-2H3,(H,17,21)(H,19,20). The first kappa shape index (κ1) is 15.7. The number of hydrogen-bond acceptors (Lipinski definition) is 5. The summed E-state index contributed by atoms with van der Waals surface area (Å²) in [7, 11) is 0. The summed E-state index contributed by atoms with van der Waals surface area (Å²) in [5.41, 5.74) is -0.450. The van der Waals surface area contributed by atoms with Crippen molar-refractivity contribution in [1.82, 2.24) is 14.7 Å². The third kappa shape index (κ3) is 2.63. The van der Waals surface area contributed by atoms with Crippen LogP contribution in [0.3, 0.4) is 0 Å². The molecule has 8 heteroatoms. The van der Waals surface area contributed by atoms with Crippen molar-refractivity contribution < 1.29 is 14.7 Å². The van der Waals surface area contributed by atoms with Gasteiger partial charge in [0, 0.05) is 16.8 Å². The van der Waals surface area contributed by atoms with Crippen molar-refractivity contribution in [3.05, 3.63) is 32.7 Å². The molecule has 1 aliphatic rings. The number of rotatable bonds is 4. The Balaban J connectivity index is 1.95. The first-order valence-corrected chi connectivity index (χ1v) is 8.17. The number of hydrogen-bond donors (Lipinski definition) is 2. The molecule has 1 aliphatic carbocycles. The molecule has 122 valence electrons. The second-order valence-corrected chi connectivity index (χ2v) is 7.18. The number of carbonyl (C=O) groups excluding carboxylic acids is 1. The van der Waals surface area contributed by atoms with Crippen molar-refractivity contribution in [3.63, 3.8) is 0 Å². The lowest BCUT2D eigenvalue weighted by Crippen LogP contribution is -2.55. The molecule has 3 rings (SSSR count). The normalized spacial score (nSPS) is 16.1. The van der Waals surface area contributed by atoms with E-state index in [2.05, 4.69) is 10.3 Å². The predicted molar refractivity (Wildman–Crippen MR) is 85.1 cm³/mol. The van der Waals surface area contributed by atoms with E-state index in [0.29, 0.717) is 17.8 Å². The van der Waals surface area contributed by atoms with E-state index in [0.717, 1.165) is 17.0 Å². The highest BCUT2D eigenvalue weighted by molar-refractivity contribution is 7.17. The monoisotopic (exact) mass is 335 g/mol. The van der Waals surface area contributed by atoms with Crippen LogP contribution in [0.4, 0.5) is 0 Å². The van der Waals surface area contributed by atoms with Crippen LogP contribution in [0.15, 0.2) is 11.0 Å². The maximum Gasteiger partial charge on any atom is 0.305 e. The van der Waals surface area contributed by atoms with E-state index in [1.165, 1.54) is 21.9 Å². The average molecular weight is 335 g/mol. The van der Waals surface area contributed by atoms with E-state index in [-0.39, 0.29) is 12.0 Å². The Labute approximate surface area is 136 Å². The summed E-state index contributed by atoms with van der Waals surface area (Å²) in [5.74, 6) is -1.51. The molecule has 0 unspecified atom stereocenters. The van der Waals surface area contributed by atoms with Crippen molar-refractivity contribution in [2.24, 2.45) is 0 Å². The summed E-state index contributed by atoms with van der Waals surface area (Å²) in [5, 5.41) is 11.7. The zero-order valence-corrected chi connectivity index (χ0v) is 13.7. The van der Waals surface area contributed by atoms with Gasteiger partial charge in [0.2, 0.25) is 0 Å². The van der Waals surface area contributed by atoms with Gasteiger partial charge in [-0.25, -0.2) is 4.98 Å². The van der Waals surface area contributed by atoms with Gasteiger partial charge in [-0.3, -0.25) is 18.8 Å². The fourth-order valence-corrected chi connectivity index (χ4v) is 3.81. The largest absolute Gasteiger partial charge is 0.481 e. The number of aryl methyl sites for hydroxylation is 2. The van der Waals surface area contributed by atoms with E-state index >= 15 is 0 Å². The number of carboxylic acids is 1. The van der Waals surface area contributed by atoms with Crippen LogP contribution in [-0.2, 0) is 4.79 Å². The highest BCUT2D eigenvalue weighted by Crippen LogP contribution is 2.35. The number of thiazole rings is 1. The Bertz CT molecular complexity index is 863. The summed E-state index contributed by atoms with van der Waals surface area (Å²) in [6.45, 7) is 3.70. The van der Waals surface area contributed by atoms with Gasteiger partial charge in [-0.05, 0) is 33.1 Å². The van der Waals surface area contributed by atoms with Crippen LogP contribution in [0.25, 0.3) is 4.96 Å². The van der Waals surface area contributed by atoms with Gasteiger partial charge in [0.25, 0.3) is 11.5 Å². The number of carboxylic acid groups (broad SMARTS) is 1. The highest BCUT2D eigenvalue weighted by atomic mass is 32.1. The molecule has 1 saturated carbocycles. The number of aromatic nitrogens is 2. The van der Waals surface area contributed by atoms with Crippen LogP contribution in [0, 0.1) is 13.8 Å². The van der Waals surface area contributed by atoms with Crippen molar-refractivity contribution in [3.8, 4) is 0 Å². The predicted octanol–water partition coefficient (Wildman–Crippen LogP) is 1.50. The first-order valence-electron chi connectivity index (χ1n) is 7.35. The number of fused-ring (bicyclic) bond motifs is 1. The zero-order chi connectivity index (χ0) is 16.8. The van der Waals surface area contributed by atoms with Crippen LogP contribution >= 0.6 is 11.3 Å². The highest BCUT2D eigenvalue weighted by Gasteiger charge is 2.41. The molecular formula is C15H17N3O4S. The molecule has 0 saturated heterocycles. The quantitative estimate of drug-likeness (QED) is 0.882. The van der Waals surface area contributed by atoms with Gasteiger partial charge in [-0.15, -0.1) is 11.3 Å². The van der Waals surface area contributed by atoms with Crippen LogP contribution in [0.2, 0.25) is 0 Å². The van der Waals surface area contributed by atoms with Gasteiger partial charge in [0.05, 0.1) is 12.0 Å². The molecular weight excluding hydrogens is 318 g/mol. The lowest BCUT2D eigenvalue weighted by atomic mass is 9.74. The molecule has 1 amide bonds. The average Bonchev–Trinajstić information content (AvgIpc) is 2.72. The molecule has 1 fully saturated rings. The molecule has 0 bridgehead atoms. The molecule has 0 aromatic carbocycles. The van der Waals surface area contributed by atoms with Crippen LogP contribution in [0.1, 0.15) is 46.6 Å². The van der Waals surface area contributed by atoms with E-state index < -0.39 is 23.0 Å². The minimum Gasteiger partial charge on any atom is -0.481 e. The fourth-order valence-electron chi connectivity index (χ4n) is 2.88. The third-order valence-electron chi connectivity index (χ3n) is 4.44. The van der Waals surface area contributed by atoms with Crippen LogP contribution in [0.5, 0.6) is 0 Å². The molecule has 2 aromatic rings. The molecule has 2 aromatic heterocycles. The Kier molecular flexibility index (Phi) is 3.71. The number of amides is 1. The third-order valence-corrected chi connectivity index (χ3v) is 5.51. The van der Waals surface area contributed by atoms with E-state index in [1.54, 1.807) is 6.92 Å². The number of nitrogens with one attached hydrogen (secondary N) is 1. The molecule has 0 aliphatic heterocycles. The minimum atomic E-state index is -0.959. The molecule has 0 atom stereocenters. The molecule has 2 N–H and O–H groups in total. The van der Waals surface area contributed by atoms with Gasteiger partial charge in [0.1, 0.15) is 5.56 Å². The lowest BCUT2D eigenvalue weighted by molar-refractivity contribution is -0.139. The molecule has 23 heavy (non-hydrogen) atoms. The molecule has 2 heterocycles. The van der Waals surface area contributed by atoms with E-state index in [4.69, 9.17) is 5.11 Å². The summed E-state index contributed by atoms with van der Waals surface area (Å²) in [6, 6.07) is 0. The van der Waals surface area contributed by atoms with E-state index in [9.17, 15) is 14.4 Å². The van der Waals surface area contributed by atoms with Gasteiger partial charge in [-0.1, -0.05) is 0 Å². The van der Waals surface area contributed by atoms with Gasteiger partial charge >= 0.3 is 5.97 Å². The molecule has 0 spiro atoms. The first-order chi connectivity index (χ1) is 10.8. The summed E-state index contributed by atoms with van der Waals surface area (Å²) in [4.78, 5) is 41.7. The maximum atomic E-state index is 12.6. The smallest absolute Gasteiger partial charge is 0.305 e. The van der Waals surface area contributed by atoms with Crippen molar-refractivity contribution in [1.29, 1.82) is 0 Å². The van der Waals surface area contributed by atoms with Crippen LogP contribution in [-0.4, -0.2) is 31.9 Å². The number of carbonyl (C=O) groups is 2. The summed E-state index contributed by atoms with van der Waals surface area (Å²) >= 11 is 1.39. The Morgan fingerprint density at radius 2 is 2.13 bits per heavy atom. The van der Waals surface area contributed by atoms with Crippen molar-refractivity contribution >= 4 is 28.2 Å². The SMILES string of the molecule is Cc1sc2ncc(C(=O)NC3(CC(=O)O)CCC3)c(=O)n2c1C. The summed E-state index contributed by atoms with van der Waals surface area (Å²) in [6.07, 6.45) is 3.23. The topological polar surface area (TPSA) is 101 Å². The van der Waals surface area contributed by atoms with Gasteiger partial charge < -0.3 is 10.4 Å². The van der Waals surface area contributed by atoms with Crippen LogP contribution < -0.4 is 10.9 Å². The van der Waals surface area contributed by atoms with Crippen molar-refractivity contribution in [2.45, 2.75) is 45.1 Å². The Morgan fingerprint density at radius 3 is 2.70 bits per heavy atom. The van der Waals surface area contributed by atoms with Gasteiger partial charge in [-0.2, -0.15) is 0 Å². The minimum absolute atomic E-state index is 0.0555. The Morgan fingerprint density at radius 1 is 1.43 bits per heavy atom. The van der Waals surface area contributed by atoms with Crippen molar-refractivity contribution in [2.75, 3.05) is 0 Å². The molecule has 0 radical (unpaired) electrons. The second-order valence-electron chi connectivity index (χ2n) is 6.00. The fraction of sp³-hybridized carbons (Fsp3) is 0.467. The summed E-state index contributed by atoms with van der Waals surface area (Å²) < 4.78 is 1.43. The second kappa shape index (κ2) is 5.45. The molecule has 7 nitrogen and oxygen atoms in total. The lowest BCUT2D eigenvalue weighted by Gasteiger charge is -2.41. The number of nitrogens with zero attached hydrogens (tertiary/aromatic N) is 2. The Hall–Kier alpha value is -2.22.